The van der Waals surface area contributed by atoms with Crippen molar-refractivity contribution in [1.82, 2.24) is 9.88 Å². The lowest BCUT2D eigenvalue weighted by Crippen LogP contribution is -2.37. The Hall–Kier alpha value is -1.68. The van der Waals surface area contributed by atoms with Crippen LogP contribution in [0.2, 0.25) is 0 Å². The van der Waals surface area contributed by atoms with E-state index in [-0.39, 0.29) is 11.9 Å². The van der Waals surface area contributed by atoms with E-state index in [1.54, 1.807) is 12.3 Å². The van der Waals surface area contributed by atoms with Gasteiger partial charge in [0.25, 0.3) is 5.91 Å². The van der Waals surface area contributed by atoms with Gasteiger partial charge in [-0.1, -0.05) is 30.3 Å². The van der Waals surface area contributed by atoms with E-state index in [0.717, 1.165) is 10.0 Å². The first-order valence-electron chi connectivity index (χ1n) is 6.55. The van der Waals surface area contributed by atoms with Gasteiger partial charge in [0.05, 0.1) is 0 Å². The molecule has 0 saturated carbocycles. The Morgan fingerprint density at radius 1 is 1.20 bits per heavy atom. The molecule has 1 aromatic carbocycles. The van der Waals surface area contributed by atoms with Crippen LogP contribution in [0.4, 0.5) is 0 Å². The maximum absolute atomic E-state index is 12.6. The van der Waals surface area contributed by atoms with Crippen LogP contribution in [0, 0.1) is 0 Å². The minimum atomic E-state index is -0.0590. The molecule has 3 nitrogen and oxygen atoms in total. The third-order valence-electron chi connectivity index (χ3n) is 3.04. The van der Waals surface area contributed by atoms with Crippen LogP contribution in [0.15, 0.2) is 53.1 Å². The van der Waals surface area contributed by atoms with Gasteiger partial charge in [0.1, 0.15) is 5.69 Å². The number of amides is 1. The Morgan fingerprint density at radius 3 is 2.50 bits per heavy atom. The van der Waals surface area contributed by atoms with Gasteiger partial charge in [-0.05, 0) is 47.5 Å². The molecule has 0 fully saturated rings. The molecule has 20 heavy (non-hydrogen) atoms. The molecule has 0 bridgehead atoms. The maximum Gasteiger partial charge on any atom is 0.274 e. The van der Waals surface area contributed by atoms with Gasteiger partial charge in [0, 0.05) is 23.3 Å². The molecular formula is C16H17BrN2O. The van der Waals surface area contributed by atoms with Gasteiger partial charge in [-0.3, -0.25) is 4.79 Å². The third-order valence-corrected chi connectivity index (χ3v) is 3.68. The molecule has 1 amide bonds. The lowest BCUT2D eigenvalue weighted by Gasteiger charge is -2.27. The van der Waals surface area contributed by atoms with Crippen LogP contribution in [-0.4, -0.2) is 21.8 Å². The van der Waals surface area contributed by atoms with Crippen molar-refractivity contribution in [3.05, 3.63) is 64.4 Å². The summed E-state index contributed by atoms with van der Waals surface area (Å²) in [6.45, 7) is 4.61. The fraction of sp³-hybridized carbons (Fsp3) is 0.250. The second-order valence-electron chi connectivity index (χ2n) is 4.85. The molecule has 0 atom stereocenters. The SMILES string of the molecule is CC(C)N(Cc1ccccc1)C(=O)c1ncccc1Br. The van der Waals surface area contributed by atoms with E-state index < -0.39 is 0 Å². The number of aromatic nitrogens is 1. The quantitative estimate of drug-likeness (QED) is 0.850. The number of hydrogen-bond donors (Lipinski definition) is 0. The van der Waals surface area contributed by atoms with Crippen molar-refractivity contribution >= 4 is 21.8 Å². The number of benzene rings is 1. The van der Waals surface area contributed by atoms with Gasteiger partial charge in [-0.15, -0.1) is 0 Å². The minimum absolute atomic E-state index is 0.0590. The summed E-state index contributed by atoms with van der Waals surface area (Å²) in [7, 11) is 0. The van der Waals surface area contributed by atoms with Crippen molar-refractivity contribution in [2.45, 2.75) is 26.4 Å². The van der Waals surface area contributed by atoms with Gasteiger partial charge in [0.15, 0.2) is 0 Å². The Morgan fingerprint density at radius 2 is 1.90 bits per heavy atom. The zero-order chi connectivity index (χ0) is 14.5. The largest absolute Gasteiger partial charge is 0.331 e. The summed E-state index contributed by atoms with van der Waals surface area (Å²) >= 11 is 3.39. The summed E-state index contributed by atoms with van der Waals surface area (Å²) in [4.78, 5) is 18.7. The predicted octanol–water partition coefficient (Wildman–Crippen LogP) is 3.89. The molecule has 0 radical (unpaired) electrons. The molecule has 4 heteroatoms. The van der Waals surface area contributed by atoms with E-state index in [4.69, 9.17) is 0 Å². The smallest absolute Gasteiger partial charge is 0.274 e. The molecule has 0 aliphatic heterocycles. The Kier molecular flexibility index (Phi) is 4.90. The summed E-state index contributed by atoms with van der Waals surface area (Å²) in [5, 5.41) is 0. The number of nitrogens with zero attached hydrogens (tertiary/aromatic N) is 2. The number of rotatable bonds is 4. The summed E-state index contributed by atoms with van der Waals surface area (Å²) in [6, 6.07) is 13.7. The van der Waals surface area contributed by atoms with Crippen molar-refractivity contribution in [3.8, 4) is 0 Å². The van der Waals surface area contributed by atoms with Crippen LogP contribution in [0.1, 0.15) is 29.9 Å². The van der Waals surface area contributed by atoms with Gasteiger partial charge < -0.3 is 4.90 Å². The van der Waals surface area contributed by atoms with Crippen molar-refractivity contribution in [1.29, 1.82) is 0 Å². The average molecular weight is 333 g/mol. The normalized spacial score (nSPS) is 10.6. The van der Waals surface area contributed by atoms with Crippen molar-refractivity contribution in [2.75, 3.05) is 0 Å². The van der Waals surface area contributed by atoms with E-state index >= 15 is 0 Å². The van der Waals surface area contributed by atoms with Crippen molar-refractivity contribution in [2.24, 2.45) is 0 Å². The molecule has 0 aliphatic rings. The molecule has 0 unspecified atom stereocenters. The number of carbonyl (C=O) groups excluding carboxylic acids is 1. The standard InChI is InChI=1S/C16H17BrN2O/c1-12(2)19(11-13-7-4-3-5-8-13)16(20)15-14(17)9-6-10-18-15/h3-10,12H,11H2,1-2H3. The zero-order valence-electron chi connectivity index (χ0n) is 11.6. The number of carbonyl (C=O) groups is 1. The third kappa shape index (κ3) is 3.45. The van der Waals surface area contributed by atoms with Crippen LogP contribution in [0.3, 0.4) is 0 Å². The average Bonchev–Trinajstić information content (AvgIpc) is 2.45. The molecule has 2 rings (SSSR count). The van der Waals surface area contributed by atoms with E-state index in [0.29, 0.717) is 12.2 Å². The minimum Gasteiger partial charge on any atom is -0.331 e. The lowest BCUT2D eigenvalue weighted by atomic mass is 10.1. The fourth-order valence-electron chi connectivity index (χ4n) is 1.95. The first kappa shape index (κ1) is 14.7. The van der Waals surface area contributed by atoms with Gasteiger partial charge >= 0.3 is 0 Å². The van der Waals surface area contributed by atoms with E-state index in [1.807, 2.05) is 55.1 Å². The predicted molar refractivity (Wildman–Crippen MR) is 83.4 cm³/mol. The number of pyridine rings is 1. The molecule has 1 aromatic heterocycles. The fourth-order valence-corrected chi connectivity index (χ4v) is 2.37. The van der Waals surface area contributed by atoms with Crippen LogP contribution in [0.5, 0.6) is 0 Å². The molecule has 0 aliphatic carbocycles. The summed E-state index contributed by atoms with van der Waals surface area (Å²) in [6.07, 6.45) is 1.64. The summed E-state index contributed by atoms with van der Waals surface area (Å²) < 4.78 is 0.726. The van der Waals surface area contributed by atoms with Crippen LogP contribution < -0.4 is 0 Å². The highest BCUT2D eigenvalue weighted by molar-refractivity contribution is 9.10. The first-order valence-corrected chi connectivity index (χ1v) is 7.34. The zero-order valence-corrected chi connectivity index (χ0v) is 13.2. The molecule has 1 heterocycles. The van der Waals surface area contributed by atoms with Crippen molar-refractivity contribution < 1.29 is 4.79 Å². The second-order valence-corrected chi connectivity index (χ2v) is 5.70. The summed E-state index contributed by atoms with van der Waals surface area (Å²) in [5.41, 5.74) is 1.57. The van der Waals surface area contributed by atoms with Crippen LogP contribution in [0.25, 0.3) is 0 Å². The molecular weight excluding hydrogens is 316 g/mol. The van der Waals surface area contributed by atoms with Crippen LogP contribution >= 0.6 is 15.9 Å². The maximum atomic E-state index is 12.6. The lowest BCUT2D eigenvalue weighted by molar-refractivity contribution is 0.0683. The van der Waals surface area contributed by atoms with E-state index in [9.17, 15) is 4.79 Å². The number of halogens is 1. The highest BCUT2D eigenvalue weighted by atomic mass is 79.9. The molecule has 0 saturated heterocycles. The molecule has 0 spiro atoms. The molecule has 104 valence electrons. The Labute approximate surface area is 127 Å². The van der Waals surface area contributed by atoms with E-state index in [2.05, 4.69) is 20.9 Å². The van der Waals surface area contributed by atoms with Gasteiger partial charge in [-0.25, -0.2) is 4.98 Å². The van der Waals surface area contributed by atoms with Crippen LogP contribution in [-0.2, 0) is 6.54 Å². The van der Waals surface area contributed by atoms with Gasteiger partial charge in [-0.2, -0.15) is 0 Å². The highest BCUT2D eigenvalue weighted by Gasteiger charge is 2.21. The van der Waals surface area contributed by atoms with E-state index in [1.165, 1.54) is 0 Å². The highest BCUT2D eigenvalue weighted by Crippen LogP contribution is 2.18. The van der Waals surface area contributed by atoms with Gasteiger partial charge in [0.2, 0.25) is 0 Å². The van der Waals surface area contributed by atoms with Crippen molar-refractivity contribution in [3.63, 3.8) is 0 Å². The molecule has 2 aromatic rings. The monoisotopic (exact) mass is 332 g/mol. The Bertz CT molecular complexity index is 584. The first-order chi connectivity index (χ1) is 9.59. The molecule has 0 N–H and O–H groups in total. The second kappa shape index (κ2) is 6.66. The topological polar surface area (TPSA) is 33.2 Å². The Balaban J connectivity index is 2.25. The summed E-state index contributed by atoms with van der Waals surface area (Å²) in [5.74, 6) is -0.0590. The number of hydrogen-bond acceptors (Lipinski definition) is 2.